The molecular weight excluding hydrogens is 314 g/mol. The molecule has 0 aliphatic heterocycles. The van der Waals surface area contributed by atoms with Gasteiger partial charge < -0.3 is 4.57 Å². The first-order valence-electron chi connectivity index (χ1n) is 10.9. The first-order chi connectivity index (χ1) is 12.3. The van der Waals surface area contributed by atoms with Crippen molar-refractivity contribution in [3.63, 3.8) is 0 Å². The Balaban J connectivity index is 1.63. The third-order valence-corrected chi connectivity index (χ3v) is 9.28. The van der Waals surface area contributed by atoms with Gasteiger partial charge in [0.1, 0.15) is 0 Å². The first kappa shape index (κ1) is 16.9. The zero-order valence-corrected chi connectivity index (χ0v) is 17.5. The third-order valence-electron chi connectivity index (χ3n) is 9.28. The Morgan fingerprint density at radius 2 is 1.88 bits per heavy atom. The van der Waals surface area contributed by atoms with Crippen molar-refractivity contribution in [2.75, 3.05) is 0 Å². The summed E-state index contributed by atoms with van der Waals surface area (Å²) in [7, 11) is 2.20. The van der Waals surface area contributed by atoms with Crippen molar-refractivity contribution >= 4 is 10.9 Å². The lowest BCUT2D eigenvalue weighted by Crippen LogP contribution is -2.45. The van der Waals surface area contributed by atoms with Crippen LogP contribution in [-0.2, 0) is 13.5 Å². The van der Waals surface area contributed by atoms with Crippen molar-refractivity contribution in [3.8, 4) is 0 Å². The van der Waals surface area contributed by atoms with E-state index in [9.17, 15) is 0 Å². The molecule has 3 aliphatic carbocycles. The Hall–Kier alpha value is -1.24. The highest BCUT2D eigenvalue weighted by Crippen LogP contribution is 2.65. The summed E-state index contributed by atoms with van der Waals surface area (Å²) in [6, 6.07) is 5.12. The summed E-state index contributed by atoms with van der Waals surface area (Å²) in [4.78, 5) is 0. The van der Waals surface area contributed by atoms with Gasteiger partial charge in [0.2, 0.25) is 0 Å². The maximum Gasteiger partial charge on any atom is 0.0483 e. The van der Waals surface area contributed by atoms with Gasteiger partial charge >= 0.3 is 0 Å². The Kier molecular flexibility index (Phi) is 3.51. The minimum atomic E-state index is 0.574. The van der Waals surface area contributed by atoms with Gasteiger partial charge in [0.15, 0.2) is 0 Å². The topological polar surface area (TPSA) is 4.93 Å². The maximum atomic E-state index is 2.64. The van der Waals surface area contributed by atoms with E-state index in [0.717, 1.165) is 35.5 Å². The molecule has 3 aliphatic rings. The van der Waals surface area contributed by atoms with Gasteiger partial charge in [-0.3, -0.25) is 0 Å². The van der Waals surface area contributed by atoms with Crippen LogP contribution in [0, 0.1) is 41.9 Å². The molecule has 2 saturated carbocycles. The van der Waals surface area contributed by atoms with E-state index in [1.165, 1.54) is 42.1 Å². The minimum Gasteiger partial charge on any atom is -0.350 e. The van der Waals surface area contributed by atoms with E-state index < -0.39 is 0 Å². The average Bonchev–Trinajstić information content (AvgIpc) is 3.00. The quantitative estimate of drug-likeness (QED) is 0.513. The number of fused-ring (bicyclic) bond motifs is 6. The number of aromatic nitrogens is 1. The highest BCUT2D eigenvalue weighted by molar-refractivity contribution is 5.85. The van der Waals surface area contributed by atoms with E-state index >= 15 is 0 Å². The van der Waals surface area contributed by atoms with E-state index in [1.807, 2.05) is 0 Å². The second-order valence-electron chi connectivity index (χ2n) is 10.5. The van der Waals surface area contributed by atoms with Crippen molar-refractivity contribution < 1.29 is 0 Å². The normalized spacial score (nSPS) is 41.8. The van der Waals surface area contributed by atoms with E-state index in [4.69, 9.17) is 0 Å². The molecule has 2 aromatic rings. The molecule has 0 saturated heterocycles. The van der Waals surface area contributed by atoms with Gasteiger partial charge in [-0.25, -0.2) is 0 Å². The Morgan fingerprint density at radius 3 is 2.65 bits per heavy atom. The van der Waals surface area contributed by atoms with Crippen LogP contribution >= 0.6 is 0 Å². The van der Waals surface area contributed by atoms with Crippen LogP contribution in [0.1, 0.15) is 69.6 Å². The summed E-state index contributed by atoms with van der Waals surface area (Å²) in [5.41, 5.74) is 6.80. The third kappa shape index (κ3) is 2.04. The van der Waals surface area contributed by atoms with Crippen LogP contribution in [0.15, 0.2) is 18.3 Å². The molecule has 7 atom stereocenters. The molecule has 0 bridgehead atoms. The van der Waals surface area contributed by atoms with E-state index in [2.05, 4.69) is 64.6 Å². The fourth-order valence-corrected chi connectivity index (χ4v) is 7.81. The van der Waals surface area contributed by atoms with Crippen molar-refractivity contribution in [2.24, 2.45) is 42.1 Å². The fourth-order valence-electron chi connectivity index (χ4n) is 7.81. The minimum absolute atomic E-state index is 0.574. The highest BCUT2D eigenvalue weighted by Gasteiger charge is 2.57. The summed E-state index contributed by atoms with van der Waals surface area (Å²) in [6.45, 7) is 12.5. The number of rotatable bonds is 0. The van der Waals surface area contributed by atoms with Gasteiger partial charge in [-0.15, -0.1) is 0 Å². The number of aryl methyl sites for hydroxylation is 3. The molecule has 0 N–H and O–H groups in total. The predicted molar refractivity (Wildman–Crippen MR) is 111 cm³/mol. The molecule has 1 nitrogen and oxygen atoms in total. The molecule has 26 heavy (non-hydrogen) atoms. The van der Waals surface area contributed by atoms with Crippen LogP contribution in [0.25, 0.3) is 10.9 Å². The first-order valence-corrected chi connectivity index (χ1v) is 10.9. The predicted octanol–water partition coefficient (Wildman–Crippen LogP) is 6.47. The van der Waals surface area contributed by atoms with Gasteiger partial charge in [-0.1, -0.05) is 27.7 Å². The smallest absolute Gasteiger partial charge is 0.0483 e. The van der Waals surface area contributed by atoms with Gasteiger partial charge in [0.25, 0.3) is 0 Å². The SMILES string of the molecule is Cc1cn(C)c2cc3c(cc12)C1C(C)C[C@]2(C)C(C)C(C)CC2C1CC3. The molecule has 2 fully saturated rings. The fraction of sp³-hybridized carbons (Fsp3) is 0.680. The van der Waals surface area contributed by atoms with Crippen molar-refractivity contribution in [2.45, 2.75) is 66.2 Å². The van der Waals surface area contributed by atoms with Crippen LogP contribution in [0.5, 0.6) is 0 Å². The van der Waals surface area contributed by atoms with Gasteiger partial charge in [0, 0.05) is 24.1 Å². The lowest BCUT2D eigenvalue weighted by Gasteiger charge is -2.53. The van der Waals surface area contributed by atoms with E-state index in [1.54, 1.807) is 11.1 Å². The van der Waals surface area contributed by atoms with Gasteiger partial charge in [0.05, 0.1) is 0 Å². The molecule has 0 spiro atoms. The zero-order valence-electron chi connectivity index (χ0n) is 17.5. The number of hydrogen-bond donors (Lipinski definition) is 0. The van der Waals surface area contributed by atoms with Crippen molar-refractivity contribution in [1.82, 2.24) is 4.57 Å². The van der Waals surface area contributed by atoms with Crippen molar-refractivity contribution in [3.05, 3.63) is 35.0 Å². The lowest BCUT2D eigenvalue weighted by molar-refractivity contribution is -0.000209. The second kappa shape index (κ2) is 5.40. The monoisotopic (exact) mass is 349 g/mol. The van der Waals surface area contributed by atoms with E-state index in [-0.39, 0.29) is 0 Å². The summed E-state index contributed by atoms with van der Waals surface area (Å²) in [5, 5.41) is 1.49. The average molecular weight is 350 g/mol. The molecule has 1 aromatic carbocycles. The Bertz CT molecular complexity index is 874. The van der Waals surface area contributed by atoms with E-state index in [0.29, 0.717) is 5.41 Å². The summed E-state index contributed by atoms with van der Waals surface area (Å²) < 4.78 is 2.32. The van der Waals surface area contributed by atoms with Crippen LogP contribution in [-0.4, -0.2) is 4.57 Å². The van der Waals surface area contributed by atoms with Crippen molar-refractivity contribution in [1.29, 1.82) is 0 Å². The van der Waals surface area contributed by atoms with Gasteiger partial charge in [-0.2, -0.15) is 0 Å². The molecule has 0 amide bonds. The van der Waals surface area contributed by atoms with Crippen LogP contribution in [0.4, 0.5) is 0 Å². The Morgan fingerprint density at radius 1 is 1.12 bits per heavy atom. The largest absolute Gasteiger partial charge is 0.350 e. The number of hydrogen-bond acceptors (Lipinski definition) is 0. The molecule has 5 rings (SSSR count). The molecule has 1 heteroatoms. The molecule has 6 unspecified atom stereocenters. The molecule has 0 radical (unpaired) electrons. The Labute approximate surface area is 159 Å². The lowest BCUT2D eigenvalue weighted by atomic mass is 9.51. The maximum absolute atomic E-state index is 2.64. The molecule has 1 heterocycles. The molecule has 1 aromatic heterocycles. The second-order valence-corrected chi connectivity index (χ2v) is 10.5. The standard InChI is InChI=1S/C25H35N/c1-14-9-22-19-8-7-18-10-23-20(16(3)13-26(23)6)11-21(18)24(19)15(2)12-25(22,5)17(14)4/h10-11,13-15,17,19,22,24H,7-9,12H2,1-6H3/t14?,15?,17?,19?,22?,24?,25-/m1/s1. The van der Waals surface area contributed by atoms with Crippen LogP contribution in [0.2, 0.25) is 0 Å². The van der Waals surface area contributed by atoms with Gasteiger partial charge in [-0.05, 0) is 102 Å². The summed E-state index contributed by atoms with van der Waals surface area (Å²) >= 11 is 0. The summed E-state index contributed by atoms with van der Waals surface area (Å²) in [5.74, 6) is 5.24. The zero-order chi connectivity index (χ0) is 18.4. The van der Waals surface area contributed by atoms with Crippen LogP contribution < -0.4 is 0 Å². The number of nitrogens with zero attached hydrogens (tertiary/aromatic N) is 1. The summed E-state index contributed by atoms with van der Waals surface area (Å²) in [6.07, 6.45) is 7.90. The number of benzene rings is 1. The highest BCUT2D eigenvalue weighted by atomic mass is 14.9. The van der Waals surface area contributed by atoms with Crippen LogP contribution in [0.3, 0.4) is 0 Å². The molecular formula is C25H35N. The molecule has 140 valence electrons.